The summed E-state index contributed by atoms with van der Waals surface area (Å²) in [6.45, 7) is 6.44. The summed E-state index contributed by atoms with van der Waals surface area (Å²) in [5.74, 6) is 3.31. The summed E-state index contributed by atoms with van der Waals surface area (Å²) in [5.41, 5.74) is -0.694. The maximum absolute atomic E-state index is 13.1. The Morgan fingerprint density at radius 2 is 1.82 bits per heavy atom. The molecule has 156 valence electrons. The van der Waals surface area contributed by atoms with Crippen LogP contribution >= 0.6 is 0 Å². The van der Waals surface area contributed by atoms with E-state index in [1.54, 1.807) is 0 Å². The van der Waals surface area contributed by atoms with Crippen molar-refractivity contribution >= 4 is 11.8 Å². The molecule has 0 amide bonds. The molecule has 1 N–H and O–H groups in total. The van der Waals surface area contributed by atoms with E-state index in [4.69, 9.17) is 4.74 Å². The molecule has 5 fully saturated rings. The summed E-state index contributed by atoms with van der Waals surface area (Å²) in [7, 11) is 0. The van der Waals surface area contributed by atoms with Gasteiger partial charge in [0.1, 0.15) is 5.92 Å². The van der Waals surface area contributed by atoms with Gasteiger partial charge in [0, 0.05) is 5.92 Å². The van der Waals surface area contributed by atoms with Crippen LogP contribution in [0.4, 0.5) is 0 Å². The van der Waals surface area contributed by atoms with E-state index in [-0.39, 0.29) is 23.1 Å². The van der Waals surface area contributed by atoms with Crippen LogP contribution in [0.1, 0.15) is 72.1 Å². The number of carbonyl (C=O) groups excluding carboxylic acids is 2. The number of ether oxygens (including phenoxy) is 1. The van der Waals surface area contributed by atoms with Gasteiger partial charge in [0.25, 0.3) is 0 Å². The topological polar surface area (TPSA) is 63.6 Å². The predicted octanol–water partition coefficient (Wildman–Crippen LogP) is 3.99. The van der Waals surface area contributed by atoms with Gasteiger partial charge in [0.15, 0.2) is 5.78 Å². The molecule has 4 nitrogen and oxygen atoms in total. The second kappa shape index (κ2) is 6.30. The molecule has 5 aliphatic rings. The van der Waals surface area contributed by atoms with Crippen LogP contribution in [0, 0.1) is 52.8 Å². The Hall–Kier alpha value is -0.900. The zero-order valence-electron chi connectivity index (χ0n) is 17.7. The van der Waals surface area contributed by atoms with Crippen LogP contribution in [0.2, 0.25) is 0 Å². The number of fused-ring (bicyclic) bond motifs is 7. The molecule has 10 atom stereocenters. The van der Waals surface area contributed by atoms with Crippen LogP contribution in [-0.2, 0) is 14.3 Å². The smallest absolute Gasteiger partial charge is 0.317 e. The standard InChI is InChI=1S/C24H36O4/c1-4-28-22(26)20-21(25)18-11-17(18)19-16-6-5-13-12-23(2,27)9-7-14(13)15(16)8-10-24(19,20)3/h13-20,27H,4-12H2,1-3H3/t13-,14+,15-,16-,17-,18+,19-,20?,23-,24+/m1/s1. The number of Topliss-reactive ketones (excluding diaryl/α,β-unsaturated/α-hetero) is 1. The van der Waals surface area contributed by atoms with E-state index in [1.807, 2.05) is 13.8 Å². The van der Waals surface area contributed by atoms with E-state index < -0.39 is 11.5 Å². The molecule has 5 rings (SSSR count). The highest BCUT2D eigenvalue weighted by atomic mass is 16.5. The van der Waals surface area contributed by atoms with Crippen molar-refractivity contribution in [2.45, 2.75) is 77.7 Å². The highest BCUT2D eigenvalue weighted by Crippen LogP contribution is 2.70. The van der Waals surface area contributed by atoms with Crippen molar-refractivity contribution < 1.29 is 19.4 Å². The van der Waals surface area contributed by atoms with Gasteiger partial charge < -0.3 is 9.84 Å². The van der Waals surface area contributed by atoms with Crippen molar-refractivity contribution in [1.82, 2.24) is 0 Å². The first-order valence-corrected chi connectivity index (χ1v) is 11.7. The Morgan fingerprint density at radius 1 is 1.07 bits per heavy atom. The Balaban J connectivity index is 1.44. The lowest BCUT2D eigenvalue weighted by Crippen LogP contribution is -2.58. The van der Waals surface area contributed by atoms with Crippen LogP contribution in [0.5, 0.6) is 0 Å². The monoisotopic (exact) mass is 388 g/mol. The number of esters is 1. The molecule has 0 aromatic heterocycles. The number of carbonyl (C=O) groups is 2. The largest absolute Gasteiger partial charge is 0.465 e. The highest BCUT2D eigenvalue weighted by Gasteiger charge is 2.69. The maximum Gasteiger partial charge on any atom is 0.317 e. The number of rotatable bonds is 2. The number of ketones is 1. The average molecular weight is 389 g/mol. The van der Waals surface area contributed by atoms with Gasteiger partial charge in [-0.05, 0) is 106 Å². The van der Waals surface area contributed by atoms with E-state index in [0.717, 1.165) is 50.4 Å². The molecule has 0 radical (unpaired) electrons. The first-order valence-electron chi connectivity index (χ1n) is 11.7. The zero-order valence-corrected chi connectivity index (χ0v) is 17.7. The Bertz CT molecular complexity index is 684. The Morgan fingerprint density at radius 3 is 2.57 bits per heavy atom. The zero-order chi connectivity index (χ0) is 19.8. The second-order valence-electron chi connectivity index (χ2n) is 11.2. The van der Waals surface area contributed by atoms with Gasteiger partial charge in [-0.3, -0.25) is 9.59 Å². The van der Waals surface area contributed by atoms with Crippen LogP contribution in [0.3, 0.4) is 0 Å². The molecule has 0 heterocycles. The van der Waals surface area contributed by atoms with Crippen LogP contribution in [-0.4, -0.2) is 29.1 Å². The lowest BCUT2D eigenvalue weighted by atomic mass is 9.44. The van der Waals surface area contributed by atoms with Crippen LogP contribution in [0.25, 0.3) is 0 Å². The Labute approximate surface area is 168 Å². The second-order valence-corrected chi connectivity index (χ2v) is 11.2. The van der Waals surface area contributed by atoms with E-state index >= 15 is 0 Å². The summed E-state index contributed by atoms with van der Waals surface area (Å²) in [4.78, 5) is 25.9. The third-order valence-corrected chi connectivity index (χ3v) is 9.67. The van der Waals surface area contributed by atoms with Gasteiger partial charge in [-0.15, -0.1) is 0 Å². The van der Waals surface area contributed by atoms with Gasteiger partial charge in [-0.1, -0.05) is 6.92 Å². The van der Waals surface area contributed by atoms with Gasteiger partial charge in [-0.25, -0.2) is 0 Å². The summed E-state index contributed by atoms with van der Waals surface area (Å²) >= 11 is 0. The molecule has 0 saturated heterocycles. The SMILES string of the molecule is CCOC(=O)C1C(=O)[C@H]2C[C@H]2[C@H]2[C@@H]3CC[C@@H]4C[C@](C)(O)CC[C@@H]4[C@H]3CC[C@]12C. The molecular weight excluding hydrogens is 352 g/mol. The van der Waals surface area contributed by atoms with Crippen LogP contribution < -0.4 is 0 Å². The van der Waals surface area contributed by atoms with E-state index in [9.17, 15) is 14.7 Å². The molecule has 5 saturated carbocycles. The summed E-state index contributed by atoms with van der Waals surface area (Å²) < 4.78 is 5.39. The fraction of sp³-hybridized carbons (Fsp3) is 0.917. The molecule has 5 aliphatic carbocycles. The first kappa shape index (κ1) is 19.1. The van der Waals surface area contributed by atoms with Gasteiger partial charge in [0.05, 0.1) is 12.2 Å². The third kappa shape index (κ3) is 2.66. The maximum atomic E-state index is 13.1. The molecule has 0 aliphatic heterocycles. The minimum atomic E-state index is -0.535. The lowest BCUT2D eigenvalue weighted by molar-refractivity contribution is -0.174. The predicted molar refractivity (Wildman–Crippen MR) is 105 cm³/mol. The van der Waals surface area contributed by atoms with Gasteiger partial charge >= 0.3 is 5.97 Å². The third-order valence-electron chi connectivity index (χ3n) is 9.67. The fourth-order valence-corrected chi connectivity index (χ4v) is 8.59. The normalized spacial score (nSPS) is 54.6. The van der Waals surface area contributed by atoms with E-state index in [0.29, 0.717) is 30.3 Å². The highest BCUT2D eigenvalue weighted by molar-refractivity contribution is 6.03. The number of hydrogen-bond acceptors (Lipinski definition) is 4. The number of aliphatic hydroxyl groups is 1. The Kier molecular flexibility index (Phi) is 4.29. The van der Waals surface area contributed by atoms with Crippen molar-refractivity contribution in [3.05, 3.63) is 0 Å². The lowest BCUT2D eigenvalue weighted by Gasteiger charge is -2.60. The first-order chi connectivity index (χ1) is 13.3. The fourth-order valence-electron chi connectivity index (χ4n) is 8.59. The van der Waals surface area contributed by atoms with Gasteiger partial charge in [-0.2, -0.15) is 0 Å². The minimum Gasteiger partial charge on any atom is -0.465 e. The van der Waals surface area contributed by atoms with Crippen molar-refractivity contribution in [2.75, 3.05) is 6.61 Å². The van der Waals surface area contributed by atoms with E-state index in [2.05, 4.69) is 6.92 Å². The molecular formula is C24H36O4. The summed E-state index contributed by atoms with van der Waals surface area (Å²) in [6, 6.07) is 0. The summed E-state index contributed by atoms with van der Waals surface area (Å²) in [5, 5.41) is 10.6. The molecule has 1 unspecified atom stereocenters. The number of hydrogen-bond donors (Lipinski definition) is 1. The molecule has 28 heavy (non-hydrogen) atoms. The van der Waals surface area contributed by atoms with Crippen molar-refractivity contribution in [1.29, 1.82) is 0 Å². The molecule has 0 bridgehead atoms. The minimum absolute atomic E-state index is 0.121. The van der Waals surface area contributed by atoms with Crippen molar-refractivity contribution in [2.24, 2.45) is 52.8 Å². The van der Waals surface area contributed by atoms with Crippen molar-refractivity contribution in [3.8, 4) is 0 Å². The molecule has 0 aromatic rings. The average Bonchev–Trinajstić information content (AvgIpc) is 3.41. The molecule has 0 aromatic carbocycles. The summed E-state index contributed by atoms with van der Waals surface area (Å²) in [6.07, 6.45) is 8.59. The molecule has 0 spiro atoms. The van der Waals surface area contributed by atoms with Crippen molar-refractivity contribution in [3.63, 3.8) is 0 Å². The molecule has 4 heteroatoms. The van der Waals surface area contributed by atoms with E-state index in [1.165, 1.54) is 12.8 Å². The van der Waals surface area contributed by atoms with Crippen LogP contribution in [0.15, 0.2) is 0 Å². The quantitative estimate of drug-likeness (QED) is 0.574. The van der Waals surface area contributed by atoms with Gasteiger partial charge in [0.2, 0.25) is 0 Å².